The van der Waals surface area contributed by atoms with Crippen LogP contribution >= 0.6 is 0 Å². The SMILES string of the molecule is CCCCC(C)(CCCC)O[SiH2]CC[SiH2]OC(C)(CCCC)CCCC. The first-order valence-corrected chi connectivity index (χ1v) is 14.9. The quantitative estimate of drug-likeness (QED) is 0.186. The highest BCUT2D eigenvalue weighted by Crippen LogP contribution is 2.27. The maximum Gasteiger partial charge on any atom is 0.162 e. The van der Waals surface area contributed by atoms with Crippen LogP contribution in [0.25, 0.3) is 0 Å². The van der Waals surface area contributed by atoms with Crippen molar-refractivity contribution in [3.63, 3.8) is 0 Å². The molecule has 0 aliphatic carbocycles. The summed E-state index contributed by atoms with van der Waals surface area (Å²) in [5, 5.41) is 0. The van der Waals surface area contributed by atoms with Gasteiger partial charge in [-0.2, -0.15) is 0 Å². The number of rotatable bonds is 19. The van der Waals surface area contributed by atoms with E-state index >= 15 is 0 Å². The van der Waals surface area contributed by atoms with Gasteiger partial charge in [-0.25, -0.2) is 0 Å². The van der Waals surface area contributed by atoms with Gasteiger partial charge in [-0.05, 0) is 51.6 Å². The molecule has 0 aromatic heterocycles. The lowest BCUT2D eigenvalue weighted by Gasteiger charge is -2.32. The zero-order chi connectivity index (χ0) is 19.7. The zero-order valence-electron chi connectivity index (χ0n) is 19.1. The van der Waals surface area contributed by atoms with E-state index < -0.39 is 0 Å². The van der Waals surface area contributed by atoms with Crippen LogP contribution in [0.4, 0.5) is 0 Å². The van der Waals surface area contributed by atoms with Gasteiger partial charge in [-0.15, -0.1) is 0 Å². The van der Waals surface area contributed by atoms with E-state index in [4.69, 9.17) is 8.85 Å². The van der Waals surface area contributed by atoms with Crippen molar-refractivity contribution in [3.05, 3.63) is 0 Å². The van der Waals surface area contributed by atoms with Crippen molar-refractivity contribution < 1.29 is 8.85 Å². The fourth-order valence-corrected chi connectivity index (χ4v) is 7.07. The summed E-state index contributed by atoms with van der Waals surface area (Å²) in [5.74, 6) is 0. The molecule has 0 amide bonds. The van der Waals surface area contributed by atoms with Gasteiger partial charge in [-0.1, -0.05) is 79.1 Å². The van der Waals surface area contributed by atoms with Crippen LogP contribution in [0.15, 0.2) is 0 Å². The lowest BCUT2D eigenvalue weighted by Crippen LogP contribution is -2.32. The highest BCUT2D eigenvalue weighted by molar-refractivity contribution is 6.34. The molecule has 0 saturated carbocycles. The van der Waals surface area contributed by atoms with Crippen molar-refractivity contribution in [1.82, 2.24) is 0 Å². The predicted octanol–water partition coefficient (Wildman–Crippen LogP) is 6.30. The first-order chi connectivity index (χ1) is 12.4. The third-order valence-electron chi connectivity index (χ3n) is 5.68. The van der Waals surface area contributed by atoms with Gasteiger partial charge in [0.25, 0.3) is 0 Å². The van der Waals surface area contributed by atoms with Gasteiger partial charge < -0.3 is 8.85 Å². The molecule has 0 saturated heterocycles. The molecule has 0 atom stereocenters. The first kappa shape index (κ1) is 26.4. The van der Waals surface area contributed by atoms with Crippen LogP contribution in [-0.2, 0) is 8.85 Å². The Hall–Kier alpha value is 0.354. The molecule has 0 heterocycles. The van der Waals surface area contributed by atoms with Crippen LogP contribution in [0.3, 0.4) is 0 Å². The molecule has 0 aromatic rings. The Kier molecular flexibility index (Phi) is 16.5. The summed E-state index contributed by atoms with van der Waals surface area (Å²) in [6, 6.07) is 2.63. The van der Waals surface area contributed by atoms with Crippen LogP contribution in [0.1, 0.15) is 119 Å². The van der Waals surface area contributed by atoms with E-state index in [1.54, 1.807) is 0 Å². The summed E-state index contributed by atoms with van der Waals surface area (Å²) in [6.07, 6.45) is 15.3. The fourth-order valence-electron chi connectivity index (χ4n) is 3.58. The van der Waals surface area contributed by atoms with E-state index in [0.717, 1.165) is 0 Å². The van der Waals surface area contributed by atoms with Crippen LogP contribution in [0.2, 0.25) is 12.1 Å². The van der Waals surface area contributed by atoms with Crippen molar-refractivity contribution in [1.29, 1.82) is 0 Å². The van der Waals surface area contributed by atoms with E-state index in [1.807, 2.05) is 0 Å². The molecule has 4 heteroatoms. The highest BCUT2D eigenvalue weighted by Gasteiger charge is 2.24. The lowest BCUT2D eigenvalue weighted by molar-refractivity contribution is 0.0663. The van der Waals surface area contributed by atoms with Crippen molar-refractivity contribution in [2.45, 2.75) is 142 Å². The third-order valence-corrected chi connectivity index (χ3v) is 10.1. The Morgan fingerprint density at radius 1 is 0.538 bits per heavy atom. The van der Waals surface area contributed by atoms with Gasteiger partial charge in [0.2, 0.25) is 0 Å². The summed E-state index contributed by atoms with van der Waals surface area (Å²) in [7, 11) is -0.780. The Balaban J connectivity index is 4.11. The van der Waals surface area contributed by atoms with Gasteiger partial charge in [0.1, 0.15) is 0 Å². The molecule has 2 nitrogen and oxygen atoms in total. The van der Waals surface area contributed by atoms with E-state index in [9.17, 15) is 0 Å². The smallest absolute Gasteiger partial charge is 0.162 e. The minimum atomic E-state index is -0.390. The van der Waals surface area contributed by atoms with Gasteiger partial charge in [0, 0.05) is 0 Å². The maximum atomic E-state index is 6.50. The van der Waals surface area contributed by atoms with Crippen LogP contribution in [-0.4, -0.2) is 30.7 Å². The molecule has 0 bridgehead atoms. The molecule has 0 N–H and O–H groups in total. The van der Waals surface area contributed by atoms with Gasteiger partial charge >= 0.3 is 0 Å². The minimum Gasteiger partial charge on any atom is -0.419 e. The standard InChI is InChI=1S/C22H50O2Si2/c1-7-11-15-21(5,16-12-8-2)23-25-19-20-26-24-22(6,17-13-9-3)18-14-10-4/h7-20,25-26H2,1-6H3. The van der Waals surface area contributed by atoms with Gasteiger partial charge in [0.15, 0.2) is 19.5 Å². The van der Waals surface area contributed by atoms with Gasteiger partial charge in [0.05, 0.1) is 11.2 Å². The van der Waals surface area contributed by atoms with Crippen LogP contribution < -0.4 is 0 Å². The first-order valence-electron chi connectivity index (χ1n) is 11.7. The molecule has 0 unspecified atom stereocenters. The van der Waals surface area contributed by atoms with Crippen LogP contribution in [0, 0.1) is 0 Å². The van der Waals surface area contributed by atoms with Crippen molar-refractivity contribution in [2.24, 2.45) is 0 Å². The van der Waals surface area contributed by atoms with Crippen molar-refractivity contribution in [2.75, 3.05) is 0 Å². The third kappa shape index (κ3) is 13.5. The molecule has 26 heavy (non-hydrogen) atoms. The Morgan fingerprint density at radius 2 is 0.808 bits per heavy atom. The topological polar surface area (TPSA) is 18.5 Å². The molecule has 0 spiro atoms. The summed E-state index contributed by atoms with van der Waals surface area (Å²) < 4.78 is 13.0. The molecular weight excluding hydrogens is 352 g/mol. The van der Waals surface area contributed by atoms with E-state index in [0.29, 0.717) is 0 Å². The number of unbranched alkanes of at least 4 members (excludes halogenated alkanes) is 4. The van der Waals surface area contributed by atoms with Gasteiger partial charge in [-0.3, -0.25) is 0 Å². The Morgan fingerprint density at radius 3 is 1.04 bits per heavy atom. The number of hydrogen-bond acceptors (Lipinski definition) is 2. The fraction of sp³-hybridized carbons (Fsp3) is 1.00. The monoisotopic (exact) mass is 402 g/mol. The Labute approximate surface area is 170 Å². The summed E-state index contributed by atoms with van der Waals surface area (Å²) in [6.45, 7) is 13.9. The van der Waals surface area contributed by atoms with E-state index in [2.05, 4.69) is 41.5 Å². The average Bonchev–Trinajstić information content (AvgIpc) is 2.64. The average molecular weight is 403 g/mol. The summed E-state index contributed by atoms with van der Waals surface area (Å²) in [5.41, 5.74) is 0.328. The zero-order valence-corrected chi connectivity index (χ0v) is 22.0. The largest absolute Gasteiger partial charge is 0.419 e. The molecule has 0 aromatic carbocycles. The van der Waals surface area contributed by atoms with E-state index in [-0.39, 0.29) is 30.7 Å². The predicted molar refractivity (Wildman–Crippen MR) is 124 cm³/mol. The molecule has 0 aliphatic heterocycles. The molecule has 0 radical (unpaired) electrons. The lowest BCUT2D eigenvalue weighted by atomic mass is 9.93. The minimum absolute atomic E-state index is 0.164. The second-order valence-corrected chi connectivity index (χ2v) is 11.5. The normalized spacial score (nSPS) is 13.6. The molecule has 158 valence electrons. The van der Waals surface area contributed by atoms with Crippen LogP contribution in [0.5, 0.6) is 0 Å². The molecular formula is C22H50O2Si2. The summed E-state index contributed by atoms with van der Waals surface area (Å²) in [4.78, 5) is 0. The van der Waals surface area contributed by atoms with E-state index in [1.165, 1.54) is 89.1 Å². The second kappa shape index (κ2) is 16.3. The highest BCUT2D eigenvalue weighted by atomic mass is 28.2. The molecule has 0 fully saturated rings. The second-order valence-electron chi connectivity index (χ2n) is 8.72. The molecule has 0 rings (SSSR count). The Bertz CT molecular complexity index is 265. The van der Waals surface area contributed by atoms with Crippen molar-refractivity contribution in [3.8, 4) is 0 Å². The van der Waals surface area contributed by atoms with Crippen molar-refractivity contribution >= 4 is 19.5 Å². The molecule has 0 aliphatic rings. The number of hydrogen-bond donors (Lipinski definition) is 0. The summed E-state index contributed by atoms with van der Waals surface area (Å²) >= 11 is 0. The maximum absolute atomic E-state index is 6.50.